The van der Waals surface area contributed by atoms with E-state index < -0.39 is 0 Å². The van der Waals surface area contributed by atoms with E-state index in [2.05, 4.69) is 40.4 Å². The van der Waals surface area contributed by atoms with E-state index in [1.54, 1.807) is 11.3 Å². The van der Waals surface area contributed by atoms with Gasteiger partial charge in [-0.1, -0.05) is 35.3 Å². The number of thiophene rings is 1. The standard InChI is InChI=1S/C10H15BrOS/c1-2-9(6-11)7-12-8-10-4-3-5-13-10/h3-5,9H,2,6-8H2,1H3. The molecule has 0 radical (unpaired) electrons. The van der Waals surface area contributed by atoms with Crippen molar-refractivity contribution in [3.05, 3.63) is 22.4 Å². The monoisotopic (exact) mass is 262 g/mol. The van der Waals surface area contributed by atoms with Crippen LogP contribution in [0.4, 0.5) is 0 Å². The second-order valence-electron chi connectivity index (χ2n) is 3.02. The van der Waals surface area contributed by atoms with Gasteiger partial charge in [-0.2, -0.15) is 0 Å². The van der Waals surface area contributed by atoms with Gasteiger partial charge in [0, 0.05) is 10.2 Å². The third kappa shape index (κ3) is 4.25. The molecule has 74 valence electrons. The largest absolute Gasteiger partial charge is 0.376 e. The lowest BCUT2D eigenvalue weighted by Gasteiger charge is -2.10. The van der Waals surface area contributed by atoms with Gasteiger partial charge < -0.3 is 4.74 Å². The van der Waals surface area contributed by atoms with E-state index >= 15 is 0 Å². The predicted octanol–water partition coefficient (Wildman–Crippen LogP) is 3.69. The van der Waals surface area contributed by atoms with Gasteiger partial charge >= 0.3 is 0 Å². The zero-order chi connectivity index (χ0) is 9.52. The minimum absolute atomic E-state index is 0.653. The van der Waals surface area contributed by atoms with Gasteiger partial charge in [-0.25, -0.2) is 0 Å². The van der Waals surface area contributed by atoms with E-state index in [-0.39, 0.29) is 0 Å². The highest BCUT2D eigenvalue weighted by atomic mass is 79.9. The van der Waals surface area contributed by atoms with Crippen molar-refractivity contribution in [2.24, 2.45) is 5.92 Å². The molecule has 0 aliphatic rings. The Labute approximate surface area is 92.2 Å². The van der Waals surface area contributed by atoms with Crippen molar-refractivity contribution in [1.29, 1.82) is 0 Å². The molecule has 0 spiro atoms. The van der Waals surface area contributed by atoms with E-state index in [9.17, 15) is 0 Å². The molecule has 1 aromatic heterocycles. The number of halogens is 1. The lowest BCUT2D eigenvalue weighted by atomic mass is 10.1. The highest BCUT2D eigenvalue weighted by Gasteiger charge is 2.04. The topological polar surface area (TPSA) is 9.23 Å². The van der Waals surface area contributed by atoms with Crippen molar-refractivity contribution >= 4 is 27.3 Å². The van der Waals surface area contributed by atoms with Gasteiger partial charge in [0.1, 0.15) is 0 Å². The molecule has 0 aliphatic carbocycles. The van der Waals surface area contributed by atoms with Crippen LogP contribution < -0.4 is 0 Å². The Morgan fingerprint density at radius 3 is 3.00 bits per heavy atom. The molecule has 0 N–H and O–H groups in total. The van der Waals surface area contributed by atoms with Crippen molar-refractivity contribution in [3.63, 3.8) is 0 Å². The fourth-order valence-electron chi connectivity index (χ4n) is 0.992. The van der Waals surface area contributed by atoms with E-state index in [4.69, 9.17) is 4.74 Å². The van der Waals surface area contributed by atoms with E-state index in [1.165, 1.54) is 11.3 Å². The first-order valence-electron chi connectivity index (χ1n) is 4.53. The second-order valence-corrected chi connectivity index (χ2v) is 4.70. The molecule has 1 nitrogen and oxygen atoms in total. The van der Waals surface area contributed by atoms with Crippen molar-refractivity contribution in [2.45, 2.75) is 20.0 Å². The summed E-state index contributed by atoms with van der Waals surface area (Å²) in [4.78, 5) is 1.31. The van der Waals surface area contributed by atoms with Gasteiger partial charge in [-0.05, 0) is 17.4 Å². The Morgan fingerprint density at radius 1 is 1.62 bits per heavy atom. The molecule has 0 amide bonds. The highest BCUT2D eigenvalue weighted by Crippen LogP contribution is 2.12. The van der Waals surface area contributed by atoms with Gasteiger partial charge in [-0.15, -0.1) is 11.3 Å². The summed E-state index contributed by atoms with van der Waals surface area (Å²) in [5, 5.41) is 3.12. The predicted molar refractivity (Wildman–Crippen MR) is 61.6 cm³/mol. The first-order chi connectivity index (χ1) is 6.36. The molecule has 0 aliphatic heterocycles. The molecule has 1 atom stereocenters. The molecule has 1 aromatic rings. The van der Waals surface area contributed by atoms with Gasteiger partial charge in [0.15, 0.2) is 0 Å². The van der Waals surface area contributed by atoms with E-state index in [0.29, 0.717) is 5.92 Å². The van der Waals surface area contributed by atoms with Crippen LogP contribution in [0.3, 0.4) is 0 Å². The molecule has 0 aromatic carbocycles. The Kier molecular flexibility index (Phi) is 5.67. The van der Waals surface area contributed by atoms with Gasteiger partial charge in [-0.3, -0.25) is 0 Å². The van der Waals surface area contributed by atoms with Crippen LogP contribution in [0.2, 0.25) is 0 Å². The van der Waals surface area contributed by atoms with Crippen molar-refractivity contribution in [1.82, 2.24) is 0 Å². The Bertz CT molecular complexity index is 207. The fraction of sp³-hybridized carbons (Fsp3) is 0.600. The van der Waals surface area contributed by atoms with Crippen molar-refractivity contribution < 1.29 is 4.74 Å². The molecule has 0 fully saturated rings. The molecule has 0 saturated heterocycles. The molecule has 0 saturated carbocycles. The summed E-state index contributed by atoms with van der Waals surface area (Å²) in [6.45, 7) is 3.82. The third-order valence-corrected chi connectivity index (χ3v) is 3.74. The van der Waals surface area contributed by atoms with Crippen LogP contribution in [0.25, 0.3) is 0 Å². The van der Waals surface area contributed by atoms with E-state index in [0.717, 1.165) is 18.5 Å². The molecule has 1 unspecified atom stereocenters. The summed E-state index contributed by atoms with van der Waals surface area (Å²) in [7, 11) is 0. The Hall–Kier alpha value is 0.140. The quantitative estimate of drug-likeness (QED) is 0.711. The third-order valence-electron chi connectivity index (χ3n) is 1.97. The number of hydrogen-bond donors (Lipinski definition) is 0. The van der Waals surface area contributed by atoms with Crippen LogP contribution >= 0.6 is 27.3 Å². The average Bonchev–Trinajstić information content (AvgIpc) is 2.65. The maximum absolute atomic E-state index is 5.60. The van der Waals surface area contributed by atoms with Crippen LogP contribution in [-0.2, 0) is 11.3 Å². The zero-order valence-corrected chi connectivity index (χ0v) is 10.2. The van der Waals surface area contributed by atoms with Crippen molar-refractivity contribution in [3.8, 4) is 0 Å². The van der Waals surface area contributed by atoms with E-state index in [1.807, 2.05) is 0 Å². The summed E-state index contributed by atoms with van der Waals surface area (Å²) in [6.07, 6.45) is 1.18. The van der Waals surface area contributed by atoms with Gasteiger partial charge in [0.05, 0.1) is 13.2 Å². The fourth-order valence-corrected chi connectivity index (χ4v) is 2.28. The lowest BCUT2D eigenvalue weighted by Crippen LogP contribution is -2.09. The molecular weight excluding hydrogens is 248 g/mol. The summed E-state index contributed by atoms with van der Waals surface area (Å²) in [5.41, 5.74) is 0. The van der Waals surface area contributed by atoms with Gasteiger partial charge in [0.2, 0.25) is 0 Å². The molecule has 1 rings (SSSR count). The molecular formula is C10H15BrOS. The highest BCUT2D eigenvalue weighted by molar-refractivity contribution is 9.09. The lowest BCUT2D eigenvalue weighted by molar-refractivity contribution is 0.0945. The van der Waals surface area contributed by atoms with Crippen LogP contribution in [-0.4, -0.2) is 11.9 Å². The molecule has 13 heavy (non-hydrogen) atoms. The van der Waals surface area contributed by atoms with Crippen molar-refractivity contribution in [2.75, 3.05) is 11.9 Å². The number of hydrogen-bond acceptors (Lipinski definition) is 2. The smallest absolute Gasteiger partial charge is 0.0809 e. The molecule has 1 heterocycles. The van der Waals surface area contributed by atoms with Gasteiger partial charge in [0.25, 0.3) is 0 Å². The van der Waals surface area contributed by atoms with Crippen LogP contribution in [0.1, 0.15) is 18.2 Å². The number of alkyl halides is 1. The minimum atomic E-state index is 0.653. The number of ether oxygens (including phenoxy) is 1. The Balaban J connectivity index is 2.13. The average molecular weight is 263 g/mol. The first-order valence-corrected chi connectivity index (χ1v) is 6.53. The zero-order valence-electron chi connectivity index (χ0n) is 7.83. The van der Waals surface area contributed by atoms with Crippen LogP contribution in [0, 0.1) is 5.92 Å². The summed E-state index contributed by atoms with van der Waals surface area (Å²) >= 11 is 5.23. The second kappa shape index (κ2) is 6.57. The summed E-state index contributed by atoms with van der Waals surface area (Å²) in [5.74, 6) is 0.653. The Morgan fingerprint density at radius 2 is 2.46 bits per heavy atom. The summed E-state index contributed by atoms with van der Waals surface area (Å²) in [6, 6.07) is 4.17. The minimum Gasteiger partial charge on any atom is -0.376 e. The first kappa shape index (κ1) is 11.2. The normalized spacial score (nSPS) is 13.1. The molecule has 0 bridgehead atoms. The summed E-state index contributed by atoms with van der Waals surface area (Å²) < 4.78 is 5.60. The maximum atomic E-state index is 5.60. The van der Waals surface area contributed by atoms with Crippen LogP contribution in [0.15, 0.2) is 17.5 Å². The SMILES string of the molecule is CCC(CBr)COCc1cccs1. The maximum Gasteiger partial charge on any atom is 0.0809 e. The molecule has 3 heteroatoms. The van der Waals surface area contributed by atoms with Crippen LogP contribution in [0.5, 0.6) is 0 Å². The number of rotatable bonds is 6.